The molecule has 212 valence electrons. The average Bonchev–Trinajstić information content (AvgIpc) is 2.93. The number of hydrogen-bond donors (Lipinski definition) is 1. The summed E-state index contributed by atoms with van der Waals surface area (Å²) in [6.07, 6.45) is 8.29. The van der Waals surface area contributed by atoms with Gasteiger partial charge in [0.15, 0.2) is 0 Å². The van der Waals surface area contributed by atoms with Crippen molar-refractivity contribution < 1.29 is 36.0 Å². The summed E-state index contributed by atoms with van der Waals surface area (Å²) in [5.74, 6) is 2.09. The van der Waals surface area contributed by atoms with Crippen LogP contribution in [-0.2, 0) is 14.3 Å². The summed E-state index contributed by atoms with van der Waals surface area (Å²) >= 11 is 0. The molecule has 6 nitrogen and oxygen atoms in total. The number of aliphatic hydroxyl groups is 1. The van der Waals surface area contributed by atoms with E-state index in [1.54, 1.807) is 38.5 Å². The average molecular weight is 555 g/mol. The van der Waals surface area contributed by atoms with Gasteiger partial charge in [-0.15, -0.1) is 0 Å². The second-order valence-corrected chi connectivity index (χ2v) is 12.0. The fourth-order valence-electron chi connectivity index (χ4n) is 5.44. The predicted molar refractivity (Wildman–Crippen MR) is 143 cm³/mol. The van der Waals surface area contributed by atoms with Crippen LogP contribution in [0.3, 0.4) is 0 Å². The van der Waals surface area contributed by atoms with E-state index in [1.807, 2.05) is 0 Å². The summed E-state index contributed by atoms with van der Waals surface area (Å²) in [5.41, 5.74) is 1.46. The molecule has 0 heterocycles. The summed E-state index contributed by atoms with van der Waals surface area (Å²) < 4.78 is 64.8. The van der Waals surface area contributed by atoms with E-state index in [0.717, 1.165) is 63.2 Å². The zero-order chi connectivity index (χ0) is 27.7. The Bertz CT molecular complexity index is 1120. The number of rotatable bonds is 8. The van der Waals surface area contributed by atoms with Gasteiger partial charge in [0.2, 0.25) is 0 Å². The number of benzene rings is 2. The molecule has 2 aliphatic rings. The molecule has 0 unspecified atom stereocenters. The summed E-state index contributed by atoms with van der Waals surface area (Å²) in [6.45, 7) is 0.486. The number of aliphatic hydroxyl groups excluding tert-OH is 1. The van der Waals surface area contributed by atoms with Crippen LogP contribution in [0.1, 0.15) is 74.3 Å². The summed E-state index contributed by atoms with van der Waals surface area (Å²) in [4.78, 5) is 0. The molecule has 0 saturated heterocycles. The minimum absolute atomic E-state index is 0.141. The van der Waals surface area contributed by atoms with Gasteiger partial charge in [0.1, 0.15) is 23.1 Å². The molecule has 2 saturated carbocycles. The molecule has 2 aromatic rings. The quantitative estimate of drug-likeness (QED) is 0.392. The highest BCUT2D eigenvalue weighted by Crippen LogP contribution is 2.39. The molecule has 0 spiro atoms. The van der Waals surface area contributed by atoms with E-state index in [-0.39, 0.29) is 42.6 Å². The first-order chi connectivity index (χ1) is 18.1. The Morgan fingerprint density at radius 2 is 1.18 bits per heavy atom. The van der Waals surface area contributed by atoms with Crippen molar-refractivity contribution in [2.75, 3.05) is 33.7 Å². The molecular formula is C29H40F2O6S. The van der Waals surface area contributed by atoms with Crippen molar-refractivity contribution in [1.29, 1.82) is 0 Å². The summed E-state index contributed by atoms with van der Waals surface area (Å²) in [5, 5.41) is 9.09. The fourth-order valence-corrected chi connectivity index (χ4v) is 5.88. The maximum atomic E-state index is 13.9. The molecule has 9 heteroatoms. The van der Waals surface area contributed by atoms with Crippen LogP contribution in [0.15, 0.2) is 36.4 Å². The molecular weight excluding hydrogens is 514 g/mol. The molecule has 38 heavy (non-hydrogen) atoms. The van der Waals surface area contributed by atoms with Crippen LogP contribution in [0.25, 0.3) is 0 Å². The van der Waals surface area contributed by atoms with Crippen LogP contribution in [0, 0.1) is 23.5 Å². The second kappa shape index (κ2) is 14.2. The van der Waals surface area contributed by atoms with Gasteiger partial charge >= 0.3 is 0 Å². The SMILES string of the molecule is COc1ccc(F)c(C2CCC(CO)CC2)c1.COc1ccc(F)c(C2CCC(COS(C)(=O)=O)CC2)c1. The van der Waals surface area contributed by atoms with E-state index < -0.39 is 10.1 Å². The van der Waals surface area contributed by atoms with Gasteiger partial charge in [-0.3, -0.25) is 4.18 Å². The van der Waals surface area contributed by atoms with Crippen molar-refractivity contribution in [2.24, 2.45) is 11.8 Å². The third-order valence-electron chi connectivity index (χ3n) is 7.76. The molecule has 0 amide bonds. The second-order valence-electron chi connectivity index (χ2n) is 10.4. The van der Waals surface area contributed by atoms with Gasteiger partial charge < -0.3 is 14.6 Å². The summed E-state index contributed by atoms with van der Waals surface area (Å²) in [6, 6.07) is 9.74. The maximum absolute atomic E-state index is 13.9. The van der Waals surface area contributed by atoms with Gasteiger partial charge in [-0.2, -0.15) is 8.42 Å². The van der Waals surface area contributed by atoms with Crippen LogP contribution in [-0.4, -0.2) is 47.2 Å². The maximum Gasteiger partial charge on any atom is 0.264 e. The van der Waals surface area contributed by atoms with Crippen molar-refractivity contribution in [1.82, 2.24) is 0 Å². The molecule has 2 fully saturated rings. The third kappa shape index (κ3) is 8.92. The lowest BCUT2D eigenvalue weighted by Gasteiger charge is -2.28. The van der Waals surface area contributed by atoms with Gasteiger partial charge in [0.25, 0.3) is 10.1 Å². The first-order valence-corrected chi connectivity index (χ1v) is 15.1. The third-order valence-corrected chi connectivity index (χ3v) is 8.32. The Morgan fingerprint density at radius 1 is 0.763 bits per heavy atom. The molecule has 0 aliphatic heterocycles. The number of ether oxygens (including phenoxy) is 2. The number of halogens is 2. The lowest BCUT2D eigenvalue weighted by atomic mass is 9.79. The van der Waals surface area contributed by atoms with Crippen molar-refractivity contribution in [3.05, 3.63) is 59.2 Å². The van der Waals surface area contributed by atoms with E-state index >= 15 is 0 Å². The van der Waals surface area contributed by atoms with E-state index in [1.165, 1.54) is 12.1 Å². The first kappa shape index (κ1) is 30.3. The van der Waals surface area contributed by atoms with Gasteiger partial charge in [-0.1, -0.05) is 0 Å². The highest BCUT2D eigenvalue weighted by Gasteiger charge is 2.26. The van der Waals surface area contributed by atoms with Crippen molar-refractivity contribution >= 4 is 10.1 Å². The molecule has 2 aromatic carbocycles. The van der Waals surface area contributed by atoms with Gasteiger partial charge in [-0.05, 0) is 123 Å². The highest BCUT2D eigenvalue weighted by molar-refractivity contribution is 7.85. The first-order valence-electron chi connectivity index (χ1n) is 13.3. The molecule has 4 rings (SSSR count). The van der Waals surface area contributed by atoms with Crippen molar-refractivity contribution in [3.8, 4) is 11.5 Å². The minimum atomic E-state index is -3.38. The smallest absolute Gasteiger partial charge is 0.264 e. The van der Waals surface area contributed by atoms with Crippen molar-refractivity contribution in [2.45, 2.75) is 63.2 Å². The van der Waals surface area contributed by atoms with E-state index in [9.17, 15) is 17.2 Å². The van der Waals surface area contributed by atoms with E-state index in [4.69, 9.17) is 18.8 Å². The Morgan fingerprint density at radius 3 is 1.55 bits per heavy atom. The normalized spacial score (nSPS) is 23.7. The highest BCUT2D eigenvalue weighted by atomic mass is 32.2. The molecule has 0 radical (unpaired) electrons. The van der Waals surface area contributed by atoms with Crippen LogP contribution >= 0.6 is 0 Å². The van der Waals surface area contributed by atoms with Crippen LogP contribution < -0.4 is 9.47 Å². The molecule has 0 aromatic heterocycles. The number of methoxy groups -OCH3 is 2. The van der Waals surface area contributed by atoms with E-state index in [2.05, 4.69) is 0 Å². The van der Waals surface area contributed by atoms with E-state index in [0.29, 0.717) is 23.0 Å². The van der Waals surface area contributed by atoms with Crippen LogP contribution in [0.4, 0.5) is 8.78 Å². The molecule has 0 atom stereocenters. The molecule has 0 bridgehead atoms. The Balaban J connectivity index is 0.000000215. The number of hydrogen-bond acceptors (Lipinski definition) is 6. The monoisotopic (exact) mass is 554 g/mol. The fraction of sp³-hybridized carbons (Fsp3) is 0.586. The van der Waals surface area contributed by atoms with Gasteiger partial charge in [0.05, 0.1) is 27.1 Å². The Hall–Kier alpha value is -2.23. The molecule has 1 N–H and O–H groups in total. The van der Waals surface area contributed by atoms with Crippen LogP contribution in [0.5, 0.6) is 11.5 Å². The molecule has 2 aliphatic carbocycles. The zero-order valence-corrected chi connectivity index (χ0v) is 23.3. The zero-order valence-electron chi connectivity index (χ0n) is 22.5. The predicted octanol–water partition coefficient (Wildman–Crippen LogP) is 6.18. The largest absolute Gasteiger partial charge is 0.497 e. The van der Waals surface area contributed by atoms with Crippen LogP contribution in [0.2, 0.25) is 0 Å². The van der Waals surface area contributed by atoms with Crippen molar-refractivity contribution in [3.63, 3.8) is 0 Å². The van der Waals surface area contributed by atoms with Gasteiger partial charge in [-0.25, -0.2) is 8.78 Å². The summed E-state index contributed by atoms with van der Waals surface area (Å²) in [7, 11) is -0.219. The topological polar surface area (TPSA) is 82.1 Å². The Kier molecular flexibility index (Phi) is 11.4. The van der Waals surface area contributed by atoms with Gasteiger partial charge in [0, 0.05) is 6.61 Å². The Labute approximate surface area is 225 Å². The standard InChI is InChI=1S/C15H21FO4S.C14H19FO2/c1-19-13-7-8-15(16)14(9-13)12-5-3-11(4-6-12)10-20-21(2,17)18;1-17-12-6-7-14(15)13(8-12)11-4-2-10(9-16)3-5-11/h7-9,11-12H,3-6,10H2,1-2H3;6-8,10-11,16H,2-5,9H2,1H3. The lowest BCUT2D eigenvalue weighted by Crippen LogP contribution is -2.20. The lowest BCUT2D eigenvalue weighted by molar-refractivity contribution is 0.181. The minimum Gasteiger partial charge on any atom is -0.497 e.